The van der Waals surface area contributed by atoms with Crippen molar-refractivity contribution in [1.29, 1.82) is 0 Å². The van der Waals surface area contributed by atoms with E-state index in [1.165, 1.54) is 38.5 Å². The van der Waals surface area contributed by atoms with Gasteiger partial charge >= 0.3 is 0 Å². The molecule has 5 heteroatoms. The summed E-state index contributed by atoms with van der Waals surface area (Å²) < 4.78 is 22.5. The highest BCUT2D eigenvalue weighted by atomic mass is 16.7. The van der Waals surface area contributed by atoms with Crippen LogP contribution in [-0.4, -0.2) is 53.0 Å². The van der Waals surface area contributed by atoms with Crippen molar-refractivity contribution in [2.45, 2.75) is 71.0 Å². The Balaban J connectivity index is 4.57. The van der Waals surface area contributed by atoms with E-state index in [1.54, 1.807) is 14.2 Å². The monoisotopic (exact) mass is 347 g/mol. The minimum Gasteiger partial charge on any atom is -0.382 e. The van der Waals surface area contributed by atoms with E-state index in [0.29, 0.717) is 33.0 Å². The molecule has 0 saturated carbocycles. The van der Waals surface area contributed by atoms with Crippen LogP contribution in [0.25, 0.3) is 0 Å². The van der Waals surface area contributed by atoms with E-state index in [-0.39, 0.29) is 5.92 Å². The molecule has 2 N–H and O–H groups in total. The fourth-order valence-electron chi connectivity index (χ4n) is 3.05. The molecular weight excluding hydrogens is 306 g/mol. The van der Waals surface area contributed by atoms with E-state index in [1.807, 2.05) is 0 Å². The van der Waals surface area contributed by atoms with Gasteiger partial charge in [0.2, 0.25) is 0 Å². The van der Waals surface area contributed by atoms with Gasteiger partial charge in [0.25, 0.3) is 0 Å². The lowest BCUT2D eigenvalue weighted by Gasteiger charge is -2.39. The molecule has 0 aliphatic carbocycles. The van der Waals surface area contributed by atoms with E-state index in [2.05, 4.69) is 13.8 Å². The summed E-state index contributed by atoms with van der Waals surface area (Å²) in [5.74, 6) is -0.433. The van der Waals surface area contributed by atoms with E-state index in [0.717, 1.165) is 12.8 Å². The standard InChI is InChI=1S/C19H41NO4/c1-5-7-8-9-10-11-12-18(17-20)19(6-2,23-15-13-21-3)24-16-14-22-4/h18H,5-17,20H2,1-4H3. The molecular formula is C19H41NO4. The summed E-state index contributed by atoms with van der Waals surface area (Å²) in [5, 5.41) is 0. The van der Waals surface area contributed by atoms with Gasteiger partial charge in [-0.1, -0.05) is 52.4 Å². The Morgan fingerprint density at radius 2 is 1.33 bits per heavy atom. The van der Waals surface area contributed by atoms with Crippen molar-refractivity contribution in [3.05, 3.63) is 0 Å². The molecule has 0 saturated heterocycles. The van der Waals surface area contributed by atoms with E-state index in [4.69, 9.17) is 24.7 Å². The van der Waals surface area contributed by atoms with Crippen LogP contribution in [0.5, 0.6) is 0 Å². The van der Waals surface area contributed by atoms with Crippen LogP contribution in [0.1, 0.15) is 65.2 Å². The Labute approximate surface area is 149 Å². The van der Waals surface area contributed by atoms with E-state index in [9.17, 15) is 0 Å². The predicted molar refractivity (Wildman–Crippen MR) is 99.2 cm³/mol. The molecule has 0 fully saturated rings. The maximum atomic E-state index is 6.13. The topological polar surface area (TPSA) is 62.9 Å². The lowest BCUT2D eigenvalue weighted by Crippen LogP contribution is -2.47. The lowest BCUT2D eigenvalue weighted by atomic mass is 9.89. The molecule has 0 amide bonds. The first-order valence-electron chi connectivity index (χ1n) is 9.66. The molecule has 0 aliphatic rings. The summed E-state index contributed by atoms with van der Waals surface area (Å²) in [6.07, 6.45) is 9.50. The Morgan fingerprint density at radius 1 is 0.792 bits per heavy atom. The zero-order chi connectivity index (χ0) is 18.1. The summed E-state index contributed by atoms with van der Waals surface area (Å²) in [7, 11) is 3.36. The van der Waals surface area contributed by atoms with Gasteiger partial charge in [0.1, 0.15) is 0 Å². The van der Waals surface area contributed by atoms with Gasteiger partial charge in [-0.15, -0.1) is 0 Å². The van der Waals surface area contributed by atoms with Gasteiger partial charge in [0, 0.05) is 26.7 Å². The number of hydrogen-bond acceptors (Lipinski definition) is 5. The highest BCUT2D eigenvalue weighted by Crippen LogP contribution is 2.31. The molecule has 0 rings (SSSR count). The number of nitrogens with two attached hydrogens (primary N) is 1. The minimum atomic E-state index is -0.630. The molecule has 1 unspecified atom stereocenters. The van der Waals surface area contributed by atoms with Crippen LogP contribution < -0.4 is 5.73 Å². The van der Waals surface area contributed by atoms with Crippen molar-refractivity contribution in [2.75, 3.05) is 47.2 Å². The van der Waals surface area contributed by atoms with E-state index < -0.39 is 5.79 Å². The summed E-state index contributed by atoms with van der Waals surface area (Å²) in [6, 6.07) is 0. The lowest BCUT2D eigenvalue weighted by molar-refractivity contribution is -0.274. The second kappa shape index (κ2) is 16.3. The van der Waals surface area contributed by atoms with Crippen molar-refractivity contribution in [3.63, 3.8) is 0 Å². The van der Waals surface area contributed by atoms with Crippen LogP contribution in [0.4, 0.5) is 0 Å². The summed E-state index contributed by atoms with van der Waals surface area (Å²) in [6.45, 7) is 7.07. The zero-order valence-corrected chi connectivity index (χ0v) is 16.5. The number of rotatable bonds is 18. The normalized spacial score (nSPS) is 13.4. The Morgan fingerprint density at radius 3 is 1.79 bits per heavy atom. The van der Waals surface area contributed by atoms with Crippen molar-refractivity contribution >= 4 is 0 Å². The van der Waals surface area contributed by atoms with Crippen molar-refractivity contribution in [1.82, 2.24) is 0 Å². The first kappa shape index (κ1) is 23.8. The molecule has 5 nitrogen and oxygen atoms in total. The second-order valence-corrected chi connectivity index (χ2v) is 6.34. The Bertz CT molecular complexity index is 254. The van der Waals surface area contributed by atoms with Crippen molar-refractivity contribution < 1.29 is 18.9 Å². The average molecular weight is 348 g/mol. The number of hydrogen-bond donors (Lipinski definition) is 1. The van der Waals surface area contributed by atoms with Crippen molar-refractivity contribution in [2.24, 2.45) is 11.7 Å². The zero-order valence-electron chi connectivity index (χ0n) is 16.5. The first-order valence-corrected chi connectivity index (χ1v) is 9.66. The third-order valence-corrected chi connectivity index (χ3v) is 4.57. The number of unbranched alkanes of at least 4 members (excludes halogenated alkanes) is 5. The largest absolute Gasteiger partial charge is 0.382 e. The molecule has 24 heavy (non-hydrogen) atoms. The molecule has 0 radical (unpaired) electrons. The molecule has 0 aromatic rings. The summed E-state index contributed by atoms with van der Waals surface area (Å²) in [5.41, 5.74) is 6.08. The van der Waals surface area contributed by atoms with Gasteiger partial charge in [0.15, 0.2) is 5.79 Å². The number of ether oxygens (including phenoxy) is 4. The second-order valence-electron chi connectivity index (χ2n) is 6.34. The molecule has 0 aromatic heterocycles. The smallest absolute Gasteiger partial charge is 0.172 e. The number of methoxy groups -OCH3 is 2. The predicted octanol–water partition coefficient (Wildman–Crippen LogP) is 3.74. The first-order chi connectivity index (χ1) is 11.7. The molecule has 0 spiro atoms. The molecule has 1 atom stereocenters. The third-order valence-electron chi connectivity index (χ3n) is 4.57. The third kappa shape index (κ3) is 9.94. The highest BCUT2D eigenvalue weighted by Gasteiger charge is 2.38. The molecule has 0 bridgehead atoms. The van der Waals surface area contributed by atoms with E-state index >= 15 is 0 Å². The van der Waals surface area contributed by atoms with Gasteiger partial charge in [0.05, 0.1) is 26.4 Å². The highest BCUT2D eigenvalue weighted by molar-refractivity contribution is 4.80. The van der Waals surface area contributed by atoms with Crippen LogP contribution in [0.3, 0.4) is 0 Å². The van der Waals surface area contributed by atoms with Gasteiger partial charge in [-0.25, -0.2) is 0 Å². The van der Waals surface area contributed by atoms with Crippen molar-refractivity contribution in [3.8, 4) is 0 Å². The fraction of sp³-hybridized carbons (Fsp3) is 1.00. The van der Waals surface area contributed by atoms with Crippen LogP contribution in [-0.2, 0) is 18.9 Å². The average Bonchev–Trinajstić information content (AvgIpc) is 2.60. The van der Waals surface area contributed by atoms with Gasteiger partial charge in [-0.2, -0.15) is 0 Å². The van der Waals surface area contributed by atoms with Gasteiger partial charge in [-0.05, 0) is 12.8 Å². The maximum Gasteiger partial charge on any atom is 0.172 e. The fourth-order valence-corrected chi connectivity index (χ4v) is 3.05. The molecule has 0 aliphatic heterocycles. The van der Waals surface area contributed by atoms with Gasteiger partial charge < -0.3 is 24.7 Å². The quantitative estimate of drug-likeness (QED) is 0.302. The van der Waals surface area contributed by atoms with Gasteiger partial charge in [-0.3, -0.25) is 0 Å². The Kier molecular flexibility index (Phi) is 16.1. The maximum absolute atomic E-state index is 6.13. The minimum absolute atomic E-state index is 0.197. The summed E-state index contributed by atoms with van der Waals surface area (Å²) in [4.78, 5) is 0. The molecule has 0 heterocycles. The van der Waals surface area contributed by atoms with Crippen LogP contribution in [0, 0.1) is 5.92 Å². The van der Waals surface area contributed by atoms with Crippen LogP contribution >= 0.6 is 0 Å². The summed E-state index contributed by atoms with van der Waals surface area (Å²) >= 11 is 0. The SMILES string of the molecule is CCCCCCCCC(CN)C(CC)(OCCOC)OCCOC. The molecule has 0 aromatic carbocycles. The van der Waals surface area contributed by atoms with Crippen LogP contribution in [0.15, 0.2) is 0 Å². The Hall–Kier alpha value is -0.200. The van der Waals surface area contributed by atoms with Crippen LogP contribution in [0.2, 0.25) is 0 Å². The molecule has 146 valence electrons.